The fourth-order valence-corrected chi connectivity index (χ4v) is 3.80. The summed E-state index contributed by atoms with van der Waals surface area (Å²) in [6.07, 6.45) is 4.52. The highest BCUT2D eigenvalue weighted by Crippen LogP contribution is 2.28. The van der Waals surface area contributed by atoms with Crippen molar-refractivity contribution < 1.29 is 9.66 Å². The highest BCUT2D eigenvalue weighted by molar-refractivity contribution is 14.1. The predicted octanol–water partition coefficient (Wildman–Crippen LogP) is 4.21. The van der Waals surface area contributed by atoms with Gasteiger partial charge in [-0.1, -0.05) is 12.7 Å². The summed E-state index contributed by atoms with van der Waals surface area (Å²) in [4.78, 5) is 14.0. The Morgan fingerprint density at radius 3 is 2.62 bits per heavy atom. The summed E-state index contributed by atoms with van der Waals surface area (Å²) >= 11 is 4.40. The molecular formula is C15H12I2N4O3. The van der Waals surface area contributed by atoms with Gasteiger partial charge in [0.2, 0.25) is 0 Å². The van der Waals surface area contributed by atoms with E-state index in [1.165, 1.54) is 18.3 Å². The van der Waals surface area contributed by atoms with Crippen LogP contribution in [-0.4, -0.2) is 22.7 Å². The van der Waals surface area contributed by atoms with Gasteiger partial charge in [-0.2, -0.15) is 5.10 Å². The van der Waals surface area contributed by atoms with Crippen molar-refractivity contribution in [2.24, 2.45) is 5.10 Å². The number of rotatable bonds is 7. The number of hydrogen-bond acceptors (Lipinski definition) is 6. The number of pyridine rings is 1. The summed E-state index contributed by atoms with van der Waals surface area (Å²) < 4.78 is 7.56. The van der Waals surface area contributed by atoms with E-state index in [0.717, 1.165) is 18.5 Å². The van der Waals surface area contributed by atoms with Gasteiger partial charge in [-0.05, 0) is 68.9 Å². The Hall–Kier alpha value is -1.76. The normalized spacial score (nSPS) is 10.6. The number of ether oxygens (including phenoxy) is 1. The Morgan fingerprint density at radius 1 is 1.38 bits per heavy atom. The number of nitro groups is 1. The molecule has 124 valence electrons. The van der Waals surface area contributed by atoms with Crippen LogP contribution in [0, 0.1) is 17.3 Å². The molecule has 0 aliphatic rings. The minimum Gasteiger partial charge on any atom is -0.487 e. The third-order valence-corrected chi connectivity index (χ3v) is 4.32. The lowest BCUT2D eigenvalue weighted by Crippen LogP contribution is -1.99. The average molecular weight is 550 g/mol. The molecule has 1 aromatic carbocycles. The van der Waals surface area contributed by atoms with E-state index in [9.17, 15) is 10.1 Å². The maximum absolute atomic E-state index is 10.6. The van der Waals surface area contributed by atoms with Crippen LogP contribution in [0.1, 0.15) is 5.56 Å². The van der Waals surface area contributed by atoms with Gasteiger partial charge in [-0.15, -0.1) is 0 Å². The second-order valence-corrected chi connectivity index (χ2v) is 6.77. The first-order chi connectivity index (χ1) is 11.5. The first-order valence-electron chi connectivity index (χ1n) is 6.63. The van der Waals surface area contributed by atoms with Gasteiger partial charge in [0.25, 0.3) is 5.69 Å². The van der Waals surface area contributed by atoms with E-state index in [-0.39, 0.29) is 5.69 Å². The number of nitrogens with one attached hydrogen (secondary N) is 1. The number of aromatic nitrogens is 1. The molecule has 0 saturated carbocycles. The van der Waals surface area contributed by atoms with E-state index in [1.807, 2.05) is 12.1 Å². The molecule has 7 nitrogen and oxygen atoms in total. The van der Waals surface area contributed by atoms with Gasteiger partial charge < -0.3 is 4.74 Å². The fourth-order valence-electron chi connectivity index (χ4n) is 1.67. The lowest BCUT2D eigenvalue weighted by atomic mass is 10.2. The minimum atomic E-state index is -0.500. The van der Waals surface area contributed by atoms with Crippen molar-refractivity contribution in [3.8, 4) is 5.75 Å². The number of halogens is 2. The van der Waals surface area contributed by atoms with Gasteiger partial charge in [0.15, 0.2) is 0 Å². The second-order valence-electron chi connectivity index (χ2n) is 4.44. The van der Waals surface area contributed by atoms with Crippen LogP contribution in [0.25, 0.3) is 0 Å². The van der Waals surface area contributed by atoms with Crippen molar-refractivity contribution in [2.45, 2.75) is 0 Å². The quantitative estimate of drug-likeness (QED) is 0.184. The highest BCUT2D eigenvalue weighted by atomic mass is 127. The van der Waals surface area contributed by atoms with Crippen LogP contribution in [0.5, 0.6) is 5.75 Å². The standard InChI is InChI=1S/C15H12I2N4O3/c1-2-5-24-15-12(16)6-10(7-13(15)17)8-19-20-14-4-3-11(9-18-14)21(22)23/h2-4,6-9H,1,5H2,(H,18,20)/b19-8+. The molecule has 0 saturated heterocycles. The van der Waals surface area contributed by atoms with Gasteiger partial charge in [-0.3, -0.25) is 15.5 Å². The fraction of sp³-hybridized carbons (Fsp3) is 0.0667. The SMILES string of the molecule is C=CCOc1c(I)cc(/C=N/Nc2ccc([N+](=O)[O-])cn2)cc1I. The van der Waals surface area contributed by atoms with Crippen LogP contribution in [0.4, 0.5) is 11.5 Å². The van der Waals surface area contributed by atoms with Crippen LogP contribution in [0.3, 0.4) is 0 Å². The molecule has 0 aliphatic heterocycles. The van der Waals surface area contributed by atoms with Crippen LogP contribution in [-0.2, 0) is 0 Å². The summed E-state index contributed by atoms with van der Waals surface area (Å²) in [6, 6.07) is 6.74. The summed E-state index contributed by atoms with van der Waals surface area (Å²) in [5, 5.41) is 14.7. The molecule has 0 atom stereocenters. The Balaban J connectivity index is 2.06. The molecule has 0 fully saturated rings. The van der Waals surface area contributed by atoms with Gasteiger partial charge in [-0.25, -0.2) is 4.98 Å². The van der Waals surface area contributed by atoms with Crippen LogP contribution in [0.2, 0.25) is 0 Å². The first-order valence-corrected chi connectivity index (χ1v) is 8.79. The topological polar surface area (TPSA) is 89.6 Å². The third kappa shape index (κ3) is 5.12. The summed E-state index contributed by atoms with van der Waals surface area (Å²) in [5.41, 5.74) is 3.56. The monoisotopic (exact) mass is 550 g/mol. The van der Waals surface area contributed by atoms with E-state index in [4.69, 9.17) is 4.74 Å². The third-order valence-electron chi connectivity index (χ3n) is 2.72. The van der Waals surface area contributed by atoms with Crippen LogP contribution >= 0.6 is 45.2 Å². The Labute approximate surface area is 165 Å². The van der Waals surface area contributed by atoms with Crippen molar-refractivity contribution in [3.63, 3.8) is 0 Å². The van der Waals surface area contributed by atoms with E-state index >= 15 is 0 Å². The lowest BCUT2D eigenvalue weighted by Gasteiger charge is -2.09. The summed E-state index contributed by atoms with van der Waals surface area (Å²) in [5.74, 6) is 1.24. The number of anilines is 1. The molecule has 0 spiro atoms. The zero-order chi connectivity index (χ0) is 17.5. The van der Waals surface area contributed by atoms with Crippen molar-refractivity contribution in [2.75, 3.05) is 12.0 Å². The lowest BCUT2D eigenvalue weighted by molar-refractivity contribution is -0.385. The van der Waals surface area contributed by atoms with Gasteiger partial charge in [0.05, 0.1) is 18.3 Å². The van der Waals surface area contributed by atoms with Crippen LogP contribution < -0.4 is 10.2 Å². The van der Waals surface area contributed by atoms with Crippen LogP contribution in [0.15, 0.2) is 48.2 Å². The molecule has 24 heavy (non-hydrogen) atoms. The molecule has 0 amide bonds. The van der Waals surface area contributed by atoms with Gasteiger partial charge in [0.1, 0.15) is 24.4 Å². The second kappa shape index (κ2) is 8.92. The Morgan fingerprint density at radius 2 is 2.08 bits per heavy atom. The van der Waals surface area contributed by atoms with E-state index < -0.39 is 4.92 Å². The number of nitrogens with zero attached hydrogens (tertiary/aromatic N) is 3. The smallest absolute Gasteiger partial charge is 0.287 e. The highest BCUT2D eigenvalue weighted by Gasteiger charge is 2.08. The van der Waals surface area contributed by atoms with Crippen molar-refractivity contribution >= 4 is 62.9 Å². The maximum atomic E-state index is 10.6. The molecule has 1 heterocycles. The zero-order valence-corrected chi connectivity index (χ0v) is 16.6. The maximum Gasteiger partial charge on any atom is 0.287 e. The molecule has 0 radical (unpaired) electrons. The van der Waals surface area contributed by atoms with Gasteiger partial charge in [0, 0.05) is 6.07 Å². The molecule has 1 N–H and O–H groups in total. The zero-order valence-electron chi connectivity index (χ0n) is 12.3. The molecule has 9 heteroatoms. The van der Waals surface area contributed by atoms with Crippen molar-refractivity contribution in [1.29, 1.82) is 0 Å². The average Bonchev–Trinajstić information content (AvgIpc) is 2.54. The Kier molecular flexibility index (Phi) is 6.90. The van der Waals surface area contributed by atoms with Gasteiger partial charge >= 0.3 is 0 Å². The molecule has 2 aromatic rings. The van der Waals surface area contributed by atoms with E-state index in [0.29, 0.717) is 12.4 Å². The number of benzene rings is 1. The molecule has 1 aromatic heterocycles. The first kappa shape index (κ1) is 18.6. The molecular weight excluding hydrogens is 538 g/mol. The summed E-state index contributed by atoms with van der Waals surface area (Å²) in [6.45, 7) is 4.09. The molecule has 0 aliphatic carbocycles. The molecule has 2 rings (SSSR count). The number of hydrogen-bond donors (Lipinski definition) is 1. The van der Waals surface area contributed by atoms with E-state index in [1.54, 1.807) is 12.3 Å². The largest absolute Gasteiger partial charge is 0.487 e. The van der Waals surface area contributed by atoms with E-state index in [2.05, 4.69) is 67.3 Å². The Bertz CT molecular complexity index is 756. The molecule has 0 unspecified atom stereocenters. The molecule has 0 bridgehead atoms. The summed E-state index contributed by atoms with van der Waals surface area (Å²) in [7, 11) is 0. The predicted molar refractivity (Wildman–Crippen MR) is 110 cm³/mol. The number of hydrazone groups is 1. The minimum absolute atomic E-state index is 0.0660. The van der Waals surface area contributed by atoms with Crippen molar-refractivity contribution in [1.82, 2.24) is 4.98 Å². The van der Waals surface area contributed by atoms with Crippen molar-refractivity contribution in [3.05, 3.63) is 65.9 Å².